The van der Waals surface area contributed by atoms with Crippen molar-refractivity contribution in [1.29, 1.82) is 0 Å². The monoisotopic (exact) mass is 148 g/mol. The van der Waals surface area contributed by atoms with Crippen LogP contribution in [0.3, 0.4) is 0 Å². The first-order chi connectivity index (χ1) is 5.38. The summed E-state index contributed by atoms with van der Waals surface area (Å²) >= 11 is 0. The highest BCUT2D eigenvalue weighted by molar-refractivity contribution is 5.88. The third-order valence-electron chi connectivity index (χ3n) is 1.25. The molecule has 1 rings (SSSR count). The number of anilines is 1. The lowest BCUT2D eigenvalue weighted by atomic mass is 10.2. The first-order valence-electron chi connectivity index (χ1n) is 3.06. The van der Waals surface area contributed by atoms with Crippen LogP contribution in [0.25, 0.3) is 0 Å². The molecule has 55 valence electrons. The Morgan fingerprint density at radius 1 is 1.36 bits per heavy atom. The van der Waals surface area contributed by atoms with E-state index in [4.69, 9.17) is 0 Å². The van der Waals surface area contributed by atoms with Gasteiger partial charge < -0.3 is 5.32 Å². The lowest BCUT2D eigenvalue weighted by Crippen LogP contribution is -1.97. The quantitative estimate of drug-likeness (QED) is 0.642. The van der Waals surface area contributed by atoms with Crippen LogP contribution in [0.4, 0.5) is 5.69 Å². The van der Waals surface area contributed by atoms with Crippen molar-refractivity contribution in [1.82, 2.24) is 0 Å². The van der Waals surface area contributed by atoms with Crippen molar-refractivity contribution in [3.63, 3.8) is 0 Å². The molecule has 1 aromatic carbocycles. The Labute approximate surface area is 64.0 Å². The summed E-state index contributed by atoms with van der Waals surface area (Å²) < 4.78 is 0. The van der Waals surface area contributed by atoms with Gasteiger partial charge in [-0.2, -0.15) is 0 Å². The van der Waals surface area contributed by atoms with Crippen LogP contribution in [0, 0.1) is 0 Å². The summed E-state index contributed by atoms with van der Waals surface area (Å²) in [6.45, 7) is 0. The Bertz CT molecular complexity index is 271. The standard InChI is InChI=1S/C8H6NO2/c10-5-7-3-1-2-4-8(7)9-6-11/h1-4,6H,(H,9,11). The van der Waals surface area contributed by atoms with Gasteiger partial charge in [0.25, 0.3) is 0 Å². The molecule has 0 spiro atoms. The second kappa shape index (κ2) is 3.51. The molecule has 3 heteroatoms. The summed E-state index contributed by atoms with van der Waals surface area (Å²) in [7, 11) is 0. The molecule has 0 aliphatic carbocycles. The van der Waals surface area contributed by atoms with E-state index >= 15 is 0 Å². The molecule has 0 saturated carbocycles. The summed E-state index contributed by atoms with van der Waals surface area (Å²) in [5, 5.41) is 2.38. The maximum absolute atomic E-state index is 10.2. The highest BCUT2D eigenvalue weighted by Crippen LogP contribution is 2.10. The van der Waals surface area contributed by atoms with Gasteiger partial charge in [-0.25, -0.2) is 0 Å². The molecule has 1 amide bonds. The summed E-state index contributed by atoms with van der Waals surface area (Å²) in [6, 6.07) is 6.65. The van der Waals surface area contributed by atoms with Crippen LogP contribution in [0.5, 0.6) is 0 Å². The smallest absolute Gasteiger partial charge is 0.235 e. The molecule has 0 fully saturated rings. The second-order valence-corrected chi connectivity index (χ2v) is 1.91. The van der Waals surface area contributed by atoms with Crippen molar-refractivity contribution in [3.05, 3.63) is 29.8 Å². The van der Waals surface area contributed by atoms with Gasteiger partial charge in [-0.15, -0.1) is 0 Å². The van der Waals surface area contributed by atoms with Crippen LogP contribution in [0.15, 0.2) is 24.3 Å². The molecule has 0 heterocycles. The Balaban J connectivity index is 3.01. The number of carbonyl (C=O) groups is 1. The number of amides is 1. The Kier molecular flexibility index (Phi) is 2.38. The van der Waals surface area contributed by atoms with E-state index in [0.29, 0.717) is 17.7 Å². The molecule has 0 aromatic heterocycles. The van der Waals surface area contributed by atoms with Crippen LogP contribution in [-0.4, -0.2) is 12.7 Å². The molecule has 0 bridgehead atoms. The normalized spacial score (nSPS) is 8.73. The first kappa shape index (κ1) is 7.47. The number of nitrogens with one attached hydrogen (secondary N) is 1. The summed E-state index contributed by atoms with van der Waals surface area (Å²) in [4.78, 5) is 20.2. The number of benzene rings is 1. The molecule has 11 heavy (non-hydrogen) atoms. The van der Waals surface area contributed by atoms with Gasteiger partial charge >= 0.3 is 0 Å². The minimum absolute atomic E-state index is 0.361. The van der Waals surface area contributed by atoms with E-state index in [1.165, 1.54) is 0 Å². The zero-order valence-corrected chi connectivity index (χ0v) is 5.70. The fourth-order valence-corrected chi connectivity index (χ4v) is 0.761. The molecule has 0 saturated heterocycles. The van der Waals surface area contributed by atoms with E-state index in [1.54, 1.807) is 30.6 Å². The lowest BCUT2D eigenvalue weighted by Gasteiger charge is -1.98. The largest absolute Gasteiger partial charge is 0.328 e. The molecule has 1 radical (unpaired) electrons. The molecular formula is C8H6NO2. The predicted octanol–water partition coefficient (Wildman–Crippen LogP) is 0.713. The minimum atomic E-state index is 0.361. The lowest BCUT2D eigenvalue weighted by molar-refractivity contribution is -0.105. The summed E-state index contributed by atoms with van der Waals surface area (Å²) in [5.41, 5.74) is 0.845. The van der Waals surface area contributed by atoms with Crippen LogP contribution in [0.2, 0.25) is 0 Å². The van der Waals surface area contributed by atoms with E-state index in [2.05, 4.69) is 5.32 Å². The molecule has 0 atom stereocenters. The fraction of sp³-hybridized carbons (Fsp3) is 0. The number of rotatable bonds is 3. The van der Waals surface area contributed by atoms with Crippen LogP contribution in [0.1, 0.15) is 5.56 Å². The van der Waals surface area contributed by atoms with Gasteiger partial charge in [0.2, 0.25) is 12.7 Å². The van der Waals surface area contributed by atoms with Crippen molar-refractivity contribution in [2.24, 2.45) is 0 Å². The molecule has 0 aliphatic rings. The van der Waals surface area contributed by atoms with E-state index in [9.17, 15) is 9.59 Å². The molecule has 1 aromatic rings. The number of carbonyl (C=O) groups excluding carboxylic acids is 2. The van der Waals surface area contributed by atoms with Gasteiger partial charge in [0.15, 0.2) is 0 Å². The minimum Gasteiger partial charge on any atom is -0.328 e. The van der Waals surface area contributed by atoms with E-state index < -0.39 is 0 Å². The first-order valence-corrected chi connectivity index (χ1v) is 3.06. The van der Waals surface area contributed by atoms with Gasteiger partial charge in [0.05, 0.1) is 5.69 Å². The molecule has 3 nitrogen and oxygen atoms in total. The average Bonchev–Trinajstić information content (AvgIpc) is 2.06. The van der Waals surface area contributed by atoms with Crippen LogP contribution < -0.4 is 5.32 Å². The summed E-state index contributed by atoms with van der Waals surface area (Å²) in [6.07, 6.45) is 2.23. The Morgan fingerprint density at radius 3 is 2.73 bits per heavy atom. The van der Waals surface area contributed by atoms with Crippen molar-refractivity contribution in [2.75, 3.05) is 5.32 Å². The second-order valence-electron chi connectivity index (χ2n) is 1.91. The van der Waals surface area contributed by atoms with Crippen LogP contribution in [-0.2, 0) is 9.59 Å². The molecule has 1 N–H and O–H groups in total. The van der Waals surface area contributed by atoms with Crippen LogP contribution >= 0.6 is 0 Å². The average molecular weight is 148 g/mol. The fourth-order valence-electron chi connectivity index (χ4n) is 0.761. The molecule has 0 aliphatic heterocycles. The predicted molar refractivity (Wildman–Crippen MR) is 40.9 cm³/mol. The Morgan fingerprint density at radius 2 is 2.09 bits per heavy atom. The maximum Gasteiger partial charge on any atom is 0.235 e. The van der Waals surface area contributed by atoms with Gasteiger partial charge in [0, 0.05) is 5.56 Å². The van der Waals surface area contributed by atoms with Gasteiger partial charge in [-0.1, -0.05) is 12.1 Å². The zero-order chi connectivity index (χ0) is 8.10. The number of hydrogen-bond donors (Lipinski definition) is 1. The van der Waals surface area contributed by atoms with Gasteiger partial charge in [-0.05, 0) is 12.1 Å². The van der Waals surface area contributed by atoms with Gasteiger partial charge in [0.1, 0.15) is 0 Å². The third-order valence-corrected chi connectivity index (χ3v) is 1.25. The highest BCUT2D eigenvalue weighted by Gasteiger charge is 1.97. The van der Waals surface area contributed by atoms with E-state index in [1.807, 2.05) is 0 Å². The zero-order valence-electron chi connectivity index (χ0n) is 5.70. The SMILES string of the molecule is O=[C]c1ccccc1NC=O. The highest BCUT2D eigenvalue weighted by atomic mass is 16.1. The number of para-hydroxylation sites is 1. The van der Waals surface area contributed by atoms with Crippen molar-refractivity contribution in [2.45, 2.75) is 0 Å². The van der Waals surface area contributed by atoms with E-state index in [0.717, 1.165) is 0 Å². The molecule has 0 unspecified atom stereocenters. The van der Waals surface area contributed by atoms with Crippen molar-refractivity contribution < 1.29 is 9.59 Å². The van der Waals surface area contributed by atoms with Crippen molar-refractivity contribution in [3.8, 4) is 0 Å². The van der Waals surface area contributed by atoms with Crippen molar-refractivity contribution >= 4 is 18.4 Å². The summed E-state index contributed by atoms with van der Waals surface area (Å²) in [5.74, 6) is 0. The molecular weight excluding hydrogens is 142 g/mol. The van der Waals surface area contributed by atoms with E-state index in [-0.39, 0.29) is 0 Å². The van der Waals surface area contributed by atoms with Gasteiger partial charge in [-0.3, -0.25) is 9.59 Å². The topological polar surface area (TPSA) is 46.2 Å². The number of hydrogen-bond acceptors (Lipinski definition) is 2. The Hall–Kier alpha value is -1.64. The maximum atomic E-state index is 10.2. The third kappa shape index (κ3) is 1.64.